The minimum Gasteiger partial charge on any atom is -0.398 e. The van der Waals surface area contributed by atoms with Crippen molar-refractivity contribution in [1.82, 2.24) is 19.7 Å². The second kappa shape index (κ2) is 4.18. The molecule has 0 aromatic carbocycles. The molecule has 94 valence electrons. The number of H-pyrrole nitrogens is 1. The van der Waals surface area contributed by atoms with Crippen LogP contribution in [0, 0.1) is 11.8 Å². The molecule has 19 heavy (non-hydrogen) atoms. The number of nitrogen functional groups attached to an aromatic ring is 1. The van der Waals surface area contributed by atoms with Crippen molar-refractivity contribution in [2.24, 2.45) is 7.05 Å². The molecular formula is C14H13N5. The minimum absolute atomic E-state index is 0.675. The maximum absolute atomic E-state index is 6.04. The van der Waals surface area contributed by atoms with E-state index in [1.54, 1.807) is 30.1 Å². The summed E-state index contributed by atoms with van der Waals surface area (Å²) in [5.74, 6) is 6.04. The van der Waals surface area contributed by atoms with Crippen LogP contribution in [0.25, 0.3) is 22.3 Å². The monoisotopic (exact) mass is 251 g/mol. The van der Waals surface area contributed by atoms with E-state index < -0.39 is 0 Å². The van der Waals surface area contributed by atoms with Gasteiger partial charge in [-0.2, -0.15) is 5.10 Å². The van der Waals surface area contributed by atoms with Crippen molar-refractivity contribution in [3.05, 3.63) is 30.2 Å². The number of anilines is 1. The maximum Gasteiger partial charge on any atom is 0.141 e. The van der Waals surface area contributed by atoms with Crippen molar-refractivity contribution in [1.29, 1.82) is 0 Å². The number of rotatable bonds is 1. The Balaban J connectivity index is 2.38. The smallest absolute Gasteiger partial charge is 0.141 e. The second-order valence-electron chi connectivity index (χ2n) is 4.28. The fraction of sp³-hybridized carbons (Fsp3) is 0.143. The second-order valence-corrected chi connectivity index (χ2v) is 4.28. The fourth-order valence-corrected chi connectivity index (χ4v) is 2.16. The number of aryl methyl sites for hydroxylation is 1. The topological polar surface area (TPSA) is 72.5 Å². The van der Waals surface area contributed by atoms with E-state index in [-0.39, 0.29) is 0 Å². The molecule has 0 bridgehead atoms. The first kappa shape index (κ1) is 11.4. The molecular weight excluding hydrogens is 238 g/mol. The van der Waals surface area contributed by atoms with Crippen LogP contribution >= 0.6 is 0 Å². The van der Waals surface area contributed by atoms with E-state index in [4.69, 9.17) is 5.73 Å². The van der Waals surface area contributed by atoms with Gasteiger partial charge in [0.2, 0.25) is 0 Å². The van der Waals surface area contributed by atoms with Crippen molar-refractivity contribution >= 4 is 16.7 Å². The van der Waals surface area contributed by atoms with Gasteiger partial charge in [-0.05, 0) is 13.0 Å². The molecule has 0 fully saturated rings. The van der Waals surface area contributed by atoms with E-state index >= 15 is 0 Å². The lowest BCUT2D eigenvalue weighted by Gasteiger charge is -1.96. The highest BCUT2D eigenvalue weighted by Crippen LogP contribution is 2.31. The lowest BCUT2D eigenvalue weighted by Crippen LogP contribution is -1.88. The Bertz CT molecular complexity index is 813. The lowest BCUT2D eigenvalue weighted by molar-refractivity contribution is 0.768. The molecule has 0 unspecified atom stereocenters. The first-order chi connectivity index (χ1) is 9.20. The van der Waals surface area contributed by atoms with Crippen molar-refractivity contribution in [3.8, 4) is 23.1 Å². The molecule has 0 saturated carbocycles. The maximum atomic E-state index is 6.04. The number of fused-ring (bicyclic) bond motifs is 1. The average molecular weight is 251 g/mol. The Morgan fingerprint density at radius 3 is 2.95 bits per heavy atom. The number of nitrogens with two attached hydrogens (primary N) is 1. The highest BCUT2D eigenvalue weighted by Gasteiger charge is 2.15. The van der Waals surface area contributed by atoms with E-state index in [1.807, 2.05) is 13.2 Å². The predicted octanol–water partition coefficient (Wildman–Crippen LogP) is 1.92. The van der Waals surface area contributed by atoms with E-state index in [0.29, 0.717) is 5.69 Å². The van der Waals surface area contributed by atoms with Crippen LogP contribution in [0.1, 0.15) is 12.5 Å². The van der Waals surface area contributed by atoms with E-state index in [9.17, 15) is 0 Å². The zero-order valence-corrected chi connectivity index (χ0v) is 10.7. The summed E-state index contributed by atoms with van der Waals surface area (Å²) in [6, 6.07) is 1.78. The Hall–Kier alpha value is -2.74. The number of aromatic nitrogens is 4. The van der Waals surface area contributed by atoms with Gasteiger partial charge in [0.15, 0.2) is 0 Å². The molecule has 0 aliphatic heterocycles. The summed E-state index contributed by atoms with van der Waals surface area (Å²) in [5, 5.41) is 5.05. The molecule has 5 nitrogen and oxygen atoms in total. The van der Waals surface area contributed by atoms with Crippen molar-refractivity contribution in [3.63, 3.8) is 0 Å². The highest BCUT2D eigenvalue weighted by atomic mass is 15.2. The van der Waals surface area contributed by atoms with Crippen LogP contribution < -0.4 is 5.73 Å². The Morgan fingerprint density at radius 1 is 1.42 bits per heavy atom. The van der Waals surface area contributed by atoms with Gasteiger partial charge in [0.25, 0.3) is 0 Å². The van der Waals surface area contributed by atoms with Gasteiger partial charge < -0.3 is 10.7 Å². The summed E-state index contributed by atoms with van der Waals surface area (Å²) in [5.41, 5.74) is 10.2. The SMILES string of the molecule is CC#Cc1c(-c2cnn(C)c2)[nH]c2nccc(N)c12. The number of hydrogen-bond acceptors (Lipinski definition) is 3. The summed E-state index contributed by atoms with van der Waals surface area (Å²) in [6.07, 6.45) is 5.41. The zero-order chi connectivity index (χ0) is 13.4. The molecule has 3 rings (SSSR count). The van der Waals surface area contributed by atoms with Crippen LogP contribution in [0.4, 0.5) is 5.69 Å². The van der Waals surface area contributed by atoms with Crippen LogP contribution in [-0.4, -0.2) is 19.7 Å². The Labute approximate surface area is 110 Å². The molecule has 3 aromatic rings. The van der Waals surface area contributed by atoms with Gasteiger partial charge in [-0.3, -0.25) is 4.68 Å². The van der Waals surface area contributed by atoms with Crippen LogP contribution in [0.2, 0.25) is 0 Å². The fourth-order valence-electron chi connectivity index (χ4n) is 2.16. The third kappa shape index (κ3) is 1.74. The highest BCUT2D eigenvalue weighted by molar-refractivity contribution is 5.99. The summed E-state index contributed by atoms with van der Waals surface area (Å²) >= 11 is 0. The van der Waals surface area contributed by atoms with E-state index in [0.717, 1.165) is 27.9 Å². The third-order valence-corrected chi connectivity index (χ3v) is 2.97. The standard InChI is InChI=1S/C14H13N5/c1-3-4-10-12-11(15)5-6-16-14(12)18-13(10)9-7-17-19(2)8-9/h5-8H,1-2H3,(H3,15,16,18). The number of nitrogens with one attached hydrogen (secondary N) is 1. The molecule has 0 spiro atoms. The Morgan fingerprint density at radius 2 is 2.26 bits per heavy atom. The number of nitrogens with zero attached hydrogens (tertiary/aromatic N) is 3. The molecule has 0 aliphatic carbocycles. The lowest BCUT2D eigenvalue weighted by atomic mass is 10.1. The van der Waals surface area contributed by atoms with Gasteiger partial charge in [0, 0.05) is 30.7 Å². The molecule has 0 radical (unpaired) electrons. The summed E-state index contributed by atoms with van der Waals surface area (Å²) in [7, 11) is 1.88. The first-order valence-electron chi connectivity index (χ1n) is 5.88. The predicted molar refractivity (Wildman–Crippen MR) is 75.3 cm³/mol. The van der Waals surface area contributed by atoms with Gasteiger partial charge in [0.05, 0.1) is 22.8 Å². The van der Waals surface area contributed by atoms with Gasteiger partial charge >= 0.3 is 0 Å². The quantitative estimate of drug-likeness (QED) is 0.649. The third-order valence-electron chi connectivity index (χ3n) is 2.97. The van der Waals surface area contributed by atoms with Crippen LogP contribution in [-0.2, 0) is 7.05 Å². The van der Waals surface area contributed by atoms with Crippen LogP contribution in [0.5, 0.6) is 0 Å². The van der Waals surface area contributed by atoms with Gasteiger partial charge in [-0.25, -0.2) is 4.98 Å². The van der Waals surface area contributed by atoms with Crippen LogP contribution in [0.3, 0.4) is 0 Å². The van der Waals surface area contributed by atoms with Crippen molar-refractivity contribution in [2.45, 2.75) is 6.92 Å². The molecule has 3 heterocycles. The Kier molecular flexibility index (Phi) is 2.50. The average Bonchev–Trinajstić information content (AvgIpc) is 2.95. The van der Waals surface area contributed by atoms with Crippen LogP contribution in [0.15, 0.2) is 24.7 Å². The summed E-state index contributed by atoms with van der Waals surface area (Å²) in [6.45, 7) is 1.80. The van der Waals surface area contributed by atoms with E-state index in [2.05, 4.69) is 26.9 Å². The summed E-state index contributed by atoms with van der Waals surface area (Å²) in [4.78, 5) is 7.58. The zero-order valence-electron chi connectivity index (χ0n) is 10.7. The molecule has 3 aromatic heterocycles. The minimum atomic E-state index is 0.675. The van der Waals surface area contributed by atoms with Crippen molar-refractivity contribution in [2.75, 3.05) is 5.73 Å². The molecule has 3 N–H and O–H groups in total. The molecule has 5 heteroatoms. The molecule has 0 amide bonds. The van der Waals surface area contributed by atoms with Gasteiger partial charge in [-0.1, -0.05) is 5.92 Å². The normalized spacial score (nSPS) is 10.4. The van der Waals surface area contributed by atoms with Gasteiger partial charge in [0.1, 0.15) is 5.65 Å². The molecule has 0 saturated heterocycles. The largest absolute Gasteiger partial charge is 0.398 e. The van der Waals surface area contributed by atoms with E-state index in [1.165, 1.54) is 0 Å². The molecule has 0 aliphatic rings. The van der Waals surface area contributed by atoms with Crippen molar-refractivity contribution < 1.29 is 0 Å². The number of pyridine rings is 1. The van der Waals surface area contributed by atoms with Gasteiger partial charge in [-0.15, -0.1) is 5.92 Å². The molecule has 0 atom stereocenters. The first-order valence-corrected chi connectivity index (χ1v) is 5.88. The number of hydrogen-bond donors (Lipinski definition) is 2. The summed E-state index contributed by atoms with van der Waals surface area (Å²) < 4.78 is 1.75. The number of aromatic amines is 1.